The molecule has 4 heterocycles. The van der Waals surface area contributed by atoms with Gasteiger partial charge in [-0.3, -0.25) is 14.6 Å². The zero-order chi connectivity index (χ0) is 23.3. The van der Waals surface area contributed by atoms with E-state index in [9.17, 15) is 9.59 Å². The Hall–Kier alpha value is -2.92. The molecular weight excluding hydrogens is 454 g/mol. The van der Waals surface area contributed by atoms with Gasteiger partial charge in [0.05, 0.1) is 6.26 Å². The number of carbonyl (C=O) groups excluding carboxylic acids is 1. The Morgan fingerprint density at radius 1 is 1.30 bits per heavy atom. The summed E-state index contributed by atoms with van der Waals surface area (Å²) in [6.45, 7) is 3.53. The zero-order valence-corrected chi connectivity index (χ0v) is 18.6. The van der Waals surface area contributed by atoms with Gasteiger partial charge in [-0.15, -0.1) is 0 Å². The van der Waals surface area contributed by atoms with Crippen molar-refractivity contribution in [1.29, 1.82) is 0 Å². The van der Waals surface area contributed by atoms with Gasteiger partial charge in [0.2, 0.25) is 11.5 Å². The number of benzene rings is 1. The minimum absolute atomic E-state index is 0.0218. The Morgan fingerprint density at radius 3 is 2.79 bits per heavy atom. The molecule has 0 saturated carbocycles. The molecule has 33 heavy (non-hydrogen) atoms. The summed E-state index contributed by atoms with van der Waals surface area (Å²) in [5, 5.41) is 0.590. The van der Waals surface area contributed by atoms with Crippen LogP contribution >= 0.6 is 11.6 Å². The van der Waals surface area contributed by atoms with Gasteiger partial charge in [-0.25, -0.2) is 4.98 Å². The molecule has 3 aromatic rings. The van der Waals surface area contributed by atoms with Crippen LogP contribution in [0.15, 0.2) is 39.7 Å². The lowest BCUT2D eigenvalue weighted by atomic mass is 9.89. The largest absolute Gasteiger partial charge is 0.463 e. The summed E-state index contributed by atoms with van der Waals surface area (Å²) in [5.74, 6) is -0.405. The number of H-pyrrole nitrogens is 1. The normalized spacial score (nSPS) is 28.8. The van der Waals surface area contributed by atoms with E-state index < -0.39 is 35.8 Å². The van der Waals surface area contributed by atoms with Crippen LogP contribution in [0.4, 0.5) is 5.95 Å². The molecule has 2 aliphatic rings. The molecule has 0 aliphatic carbocycles. The molecule has 1 aromatic carbocycles. The third-order valence-electron chi connectivity index (χ3n) is 5.96. The van der Waals surface area contributed by atoms with E-state index in [4.69, 9.17) is 40.7 Å². The van der Waals surface area contributed by atoms with Crippen LogP contribution in [0.25, 0.3) is 11.1 Å². The summed E-state index contributed by atoms with van der Waals surface area (Å²) in [6, 6.07) is 7.12. The van der Waals surface area contributed by atoms with E-state index in [-0.39, 0.29) is 36.0 Å². The monoisotopic (exact) mass is 475 g/mol. The Balaban J connectivity index is 1.53. The van der Waals surface area contributed by atoms with Crippen molar-refractivity contribution in [3.63, 3.8) is 0 Å². The topological polar surface area (TPSA) is 139 Å². The van der Waals surface area contributed by atoms with Crippen LogP contribution in [0.3, 0.4) is 0 Å². The molecule has 3 N–H and O–H groups in total. The summed E-state index contributed by atoms with van der Waals surface area (Å²) in [5.41, 5.74) is 5.79. The molecule has 0 radical (unpaired) electrons. The third kappa shape index (κ3) is 3.68. The Kier molecular flexibility index (Phi) is 5.40. The minimum atomic E-state index is -1.01. The average Bonchev–Trinajstić information content (AvgIpc) is 3.42. The number of nitrogens with one attached hydrogen (secondary N) is 1. The van der Waals surface area contributed by atoms with E-state index in [1.165, 1.54) is 6.26 Å². The van der Waals surface area contributed by atoms with Crippen molar-refractivity contribution >= 4 is 34.6 Å². The molecule has 0 amide bonds. The van der Waals surface area contributed by atoms with Crippen molar-refractivity contribution in [2.45, 2.75) is 50.5 Å². The maximum Gasteiger partial charge on any atom is 0.305 e. The maximum atomic E-state index is 12.2. The molecule has 5 rings (SSSR count). The number of ether oxygens (including phenoxy) is 4. The summed E-state index contributed by atoms with van der Waals surface area (Å²) in [4.78, 5) is 30.7. The van der Waals surface area contributed by atoms with Crippen molar-refractivity contribution in [3.8, 4) is 0 Å². The molecule has 2 fully saturated rings. The lowest BCUT2D eigenvalue weighted by Gasteiger charge is -2.27. The van der Waals surface area contributed by atoms with E-state index >= 15 is 0 Å². The highest BCUT2D eigenvalue weighted by molar-refractivity contribution is 6.30. The van der Waals surface area contributed by atoms with Gasteiger partial charge in [-0.1, -0.05) is 30.7 Å². The Morgan fingerprint density at radius 2 is 2.06 bits per heavy atom. The van der Waals surface area contributed by atoms with E-state index in [0.717, 1.165) is 5.56 Å². The van der Waals surface area contributed by atoms with Crippen LogP contribution in [0.1, 0.15) is 43.8 Å². The number of nitrogen functional groups attached to an aromatic ring is 1. The quantitative estimate of drug-likeness (QED) is 0.533. The number of rotatable bonds is 5. The van der Waals surface area contributed by atoms with Gasteiger partial charge in [-0.05, 0) is 19.1 Å². The number of halogens is 1. The lowest BCUT2D eigenvalue weighted by Crippen LogP contribution is -2.41. The molecule has 2 saturated heterocycles. The summed E-state index contributed by atoms with van der Waals surface area (Å²) in [6.07, 6.45) is -1.01. The number of esters is 1. The molecule has 174 valence electrons. The maximum absolute atomic E-state index is 12.2. The lowest BCUT2D eigenvalue weighted by molar-refractivity contribution is -0.166. The molecule has 11 heteroatoms. The predicted molar refractivity (Wildman–Crippen MR) is 116 cm³/mol. The molecule has 0 bridgehead atoms. The van der Waals surface area contributed by atoms with E-state index in [1.54, 1.807) is 19.1 Å². The van der Waals surface area contributed by atoms with Crippen molar-refractivity contribution in [3.05, 3.63) is 57.0 Å². The summed E-state index contributed by atoms with van der Waals surface area (Å²) < 4.78 is 29.7. The van der Waals surface area contributed by atoms with Crippen LogP contribution in [0, 0.1) is 0 Å². The van der Waals surface area contributed by atoms with Crippen LogP contribution < -0.4 is 11.3 Å². The summed E-state index contributed by atoms with van der Waals surface area (Å²) in [7, 11) is 0. The van der Waals surface area contributed by atoms with Crippen molar-refractivity contribution in [2.24, 2.45) is 0 Å². The van der Waals surface area contributed by atoms with E-state index in [0.29, 0.717) is 10.6 Å². The number of hydrogen-bond acceptors (Lipinski definition) is 9. The van der Waals surface area contributed by atoms with Gasteiger partial charge in [0.15, 0.2) is 6.29 Å². The number of nitrogens with zero attached hydrogens (tertiary/aromatic N) is 1. The molecule has 10 nitrogen and oxygen atoms in total. The van der Waals surface area contributed by atoms with Gasteiger partial charge in [0, 0.05) is 22.6 Å². The predicted octanol–water partition coefficient (Wildman–Crippen LogP) is 3.02. The molecule has 0 spiro atoms. The zero-order valence-electron chi connectivity index (χ0n) is 17.9. The first-order chi connectivity index (χ1) is 15.8. The van der Waals surface area contributed by atoms with Crippen LogP contribution in [-0.2, 0) is 23.7 Å². The first-order valence-electron chi connectivity index (χ1n) is 10.5. The Bertz CT molecular complexity index is 1260. The highest BCUT2D eigenvalue weighted by Gasteiger charge is 2.62. The van der Waals surface area contributed by atoms with E-state index in [2.05, 4.69) is 9.97 Å². The van der Waals surface area contributed by atoms with Crippen LogP contribution in [0.2, 0.25) is 5.02 Å². The number of carbonyl (C=O) groups is 1. The SMILES string of the molecule is CCC(=O)OC[C@H]1O[C@@H](c2coc3c(=O)[nH]c(N)nc23)[C@]2(C)OC(c3ccc(Cl)cc3)O[C@H]12. The van der Waals surface area contributed by atoms with Gasteiger partial charge in [0.1, 0.15) is 36.0 Å². The van der Waals surface area contributed by atoms with Crippen LogP contribution in [-0.4, -0.2) is 40.4 Å². The second kappa shape index (κ2) is 8.14. The van der Waals surface area contributed by atoms with Gasteiger partial charge < -0.3 is 29.1 Å². The van der Waals surface area contributed by atoms with Gasteiger partial charge >= 0.3 is 5.97 Å². The number of furan rings is 1. The number of aromatic nitrogens is 2. The fourth-order valence-electron chi connectivity index (χ4n) is 4.34. The standard InChI is InChI=1S/C22H22ClN3O7/c1-3-14(27)29-9-13-18-22(2,33-20(32-18)10-4-6-11(23)7-5-10)17(31-13)12-8-30-16-15(12)25-21(24)26-19(16)28/h4-8,13,17-18,20H,3,9H2,1-2H3,(H3,24,25,26,28)/t13-,17+,18-,20?,22+/m1/s1. The van der Waals surface area contributed by atoms with Gasteiger partial charge in [-0.2, -0.15) is 0 Å². The van der Waals surface area contributed by atoms with Crippen molar-refractivity contribution in [2.75, 3.05) is 12.3 Å². The van der Waals surface area contributed by atoms with Crippen molar-refractivity contribution < 1.29 is 28.2 Å². The smallest absolute Gasteiger partial charge is 0.305 e. The number of anilines is 1. The van der Waals surface area contributed by atoms with Crippen LogP contribution in [0.5, 0.6) is 0 Å². The molecule has 2 aromatic heterocycles. The van der Waals surface area contributed by atoms with E-state index in [1.807, 2.05) is 19.1 Å². The highest BCUT2D eigenvalue weighted by atomic mass is 35.5. The number of nitrogens with two attached hydrogens (primary N) is 1. The second-order valence-corrected chi connectivity index (χ2v) is 8.59. The number of fused-ring (bicyclic) bond motifs is 2. The molecule has 2 aliphatic heterocycles. The average molecular weight is 476 g/mol. The number of hydrogen-bond donors (Lipinski definition) is 2. The molecule has 5 atom stereocenters. The third-order valence-corrected chi connectivity index (χ3v) is 6.21. The minimum Gasteiger partial charge on any atom is -0.463 e. The molecule has 1 unspecified atom stereocenters. The Labute approximate surface area is 192 Å². The summed E-state index contributed by atoms with van der Waals surface area (Å²) >= 11 is 6.02. The first-order valence-corrected chi connectivity index (χ1v) is 10.8. The van der Waals surface area contributed by atoms with Crippen molar-refractivity contribution in [1.82, 2.24) is 9.97 Å². The fourth-order valence-corrected chi connectivity index (χ4v) is 4.47. The second-order valence-electron chi connectivity index (χ2n) is 8.15. The first kappa shape index (κ1) is 21.9. The van der Waals surface area contributed by atoms with Gasteiger partial charge in [0.25, 0.3) is 5.56 Å². The highest BCUT2D eigenvalue weighted by Crippen LogP contribution is 2.54. The fraction of sp³-hybridized carbons (Fsp3) is 0.409. The molecular formula is C22H22ClN3O7. The number of aromatic amines is 1.